The normalized spacial score (nSPS) is 11.5. The number of aromatic amines is 1. The van der Waals surface area contributed by atoms with E-state index in [0.717, 1.165) is 23.1 Å². The SMILES string of the molecule is CCc1ccc(-n2c(O)c(C=NCC[NH+](C)C)c(=O)[nH]c2=O)cc1. The van der Waals surface area contributed by atoms with Crippen molar-refractivity contribution in [2.75, 3.05) is 27.2 Å². The number of H-pyrrole nitrogens is 1. The lowest BCUT2D eigenvalue weighted by Gasteiger charge is -2.10. The largest absolute Gasteiger partial charge is 0.493 e. The molecule has 7 nitrogen and oxygen atoms in total. The van der Waals surface area contributed by atoms with E-state index in [1.165, 1.54) is 11.1 Å². The highest BCUT2D eigenvalue weighted by molar-refractivity contribution is 5.82. The zero-order chi connectivity index (χ0) is 17.7. The summed E-state index contributed by atoms with van der Waals surface area (Å²) in [5, 5.41) is 10.4. The molecule has 0 atom stereocenters. The van der Waals surface area contributed by atoms with Gasteiger partial charge in [-0.05, 0) is 24.1 Å². The van der Waals surface area contributed by atoms with E-state index in [-0.39, 0.29) is 5.56 Å². The quantitative estimate of drug-likeness (QED) is 0.615. The molecule has 0 saturated carbocycles. The molecular formula is C17H23N4O3+. The van der Waals surface area contributed by atoms with Crippen molar-refractivity contribution in [3.8, 4) is 11.6 Å². The first-order valence-corrected chi connectivity index (χ1v) is 7.90. The van der Waals surface area contributed by atoms with Crippen LogP contribution in [0.3, 0.4) is 0 Å². The van der Waals surface area contributed by atoms with E-state index in [9.17, 15) is 14.7 Å². The molecule has 3 N–H and O–H groups in total. The van der Waals surface area contributed by atoms with Gasteiger partial charge in [0.15, 0.2) is 0 Å². The average molecular weight is 331 g/mol. The monoisotopic (exact) mass is 331 g/mol. The molecule has 128 valence electrons. The van der Waals surface area contributed by atoms with Gasteiger partial charge in [0.1, 0.15) is 5.56 Å². The number of likely N-dealkylation sites (N-methyl/N-ethyl adjacent to an activating group) is 1. The number of aryl methyl sites for hydroxylation is 1. The molecule has 0 bridgehead atoms. The highest BCUT2D eigenvalue weighted by Gasteiger charge is 2.14. The maximum absolute atomic E-state index is 12.1. The van der Waals surface area contributed by atoms with Crippen LogP contribution in [-0.2, 0) is 6.42 Å². The average Bonchev–Trinajstić information content (AvgIpc) is 2.54. The van der Waals surface area contributed by atoms with Crippen molar-refractivity contribution in [1.29, 1.82) is 0 Å². The minimum Gasteiger partial charge on any atom is -0.493 e. The van der Waals surface area contributed by atoms with Crippen LogP contribution < -0.4 is 16.1 Å². The fraction of sp³-hybridized carbons (Fsp3) is 0.353. The third-order valence-corrected chi connectivity index (χ3v) is 3.68. The molecule has 0 radical (unpaired) electrons. The number of quaternary nitrogens is 1. The summed E-state index contributed by atoms with van der Waals surface area (Å²) in [4.78, 5) is 31.6. The van der Waals surface area contributed by atoms with Gasteiger partial charge < -0.3 is 10.0 Å². The number of nitrogens with zero attached hydrogens (tertiary/aromatic N) is 2. The maximum atomic E-state index is 12.1. The van der Waals surface area contributed by atoms with E-state index in [2.05, 4.69) is 9.98 Å². The Labute approximate surface area is 139 Å². The number of benzene rings is 1. The van der Waals surface area contributed by atoms with Crippen molar-refractivity contribution in [2.45, 2.75) is 13.3 Å². The minimum atomic E-state index is -0.684. The van der Waals surface area contributed by atoms with E-state index in [0.29, 0.717) is 12.2 Å². The second-order valence-electron chi connectivity index (χ2n) is 5.84. The van der Waals surface area contributed by atoms with Crippen molar-refractivity contribution in [3.05, 3.63) is 56.2 Å². The molecule has 2 rings (SSSR count). The molecule has 0 aliphatic heterocycles. The molecule has 0 aliphatic rings. The highest BCUT2D eigenvalue weighted by Crippen LogP contribution is 2.16. The smallest absolute Gasteiger partial charge is 0.335 e. The standard InChI is InChI=1S/C17H22N4O3/c1-4-12-5-7-13(8-6-12)21-16(23)14(15(22)19-17(21)24)11-18-9-10-20(2)3/h5-8,11,23H,4,9-10H2,1-3H3,(H,19,22,24)/p+1. The van der Waals surface area contributed by atoms with E-state index in [1.54, 1.807) is 12.1 Å². The molecule has 1 aromatic heterocycles. The topological polar surface area (TPSA) is 91.9 Å². The number of rotatable bonds is 6. The number of hydrogen-bond donors (Lipinski definition) is 3. The number of hydrogen-bond acceptors (Lipinski definition) is 4. The molecule has 0 saturated heterocycles. The van der Waals surface area contributed by atoms with E-state index >= 15 is 0 Å². The van der Waals surface area contributed by atoms with Crippen LogP contribution in [0.1, 0.15) is 18.1 Å². The molecule has 0 amide bonds. The summed E-state index contributed by atoms with van der Waals surface area (Å²) in [5.74, 6) is -0.408. The van der Waals surface area contributed by atoms with Gasteiger partial charge >= 0.3 is 5.69 Å². The Kier molecular flexibility index (Phi) is 5.70. The second-order valence-corrected chi connectivity index (χ2v) is 5.84. The third-order valence-electron chi connectivity index (χ3n) is 3.68. The first-order valence-electron chi connectivity index (χ1n) is 7.90. The Balaban J connectivity index is 2.44. The predicted octanol–water partition coefficient (Wildman–Crippen LogP) is -0.643. The summed E-state index contributed by atoms with van der Waals surface area (Å²) < 4.78 is 1.07. The van der Waals surface area contributed by atoms with Crippen molar-refractivity contribution in [1.82, 2.24) is 9.55 Å². The van der Waals surface area contributed by atoms with Crippen molar-refractivity contribution < 1.29 is 10.0 Å². The Hall–Kier alpha value is -2.67. The lowest BCUT2D eigenvalue weighted by atomic mass is 10.1. The van der Waals surface area contributed by atoms with Crippen LogP contribution in [0.4, 0.5) is 0 Å². The third kappa shape index (κ3) is 3.99. The Morgan fingerprint density at radius 1 is 1.25 bits per heavy atom. The summed E-state index contributed by atoms with van der Waals surface area (Å²) in [7, 11) is 4.00. The van der Waals surface area contributed by atoms with Crippen LogP contribution in [0.15, 0.2) is 38.8 Å². The first-order chi connectivity index (χ1) is 11.4. The van der Waals surface area contributed by atoms with Crippen LogP contribution in [0.25, 0.3) is 5.69 Å². The minimum absolute atomic E-state index is 0.0251. The summed E-state index contributed by atoms with van der Waals surface area (Å²) in [6, 6.07) is 7.21. The van der Waals surface area contributed by atoms with Crippen molar-refractivity contribution in [2.24, 2.45) is 4.99 Å². The number of aromatic hydroxyl groups is 1. The summed E-state index contributed by atoms with van der Waals surface area (Å²) in [6.07, 6.45) is 2.19. The molecule has 0 fully saturated rings. The lowest BCUT2D eigenvalue weighted by molar-refractivity contribution is -0.856. The molecule has 1 heterocycles. The number of nitrogens with one attached hydrogen (secondary N) is 2. The maximum Gasteiger partial charge on any atom is 0.335 e. The lowest BCUT2D eigenvalue weighted by Crippen LogP contribution is -3.06. The van der Waals surface area contributed by atoms with Gasteiger partial charge in [-0.1, -0.05) is 19.1 Å². The zero-order valence-electron chi connectivity index (χ0n) is 14.2. The van der Waals surface area contributed by atoms with Crippen LogP contribution in [0.2, 0.25) is 0 Å². The van der Waals surface area contributed by atoms with Gasteiger partial charge in [0.05, 0.1) is 32.9 Å². The second kappa shape index (κ2) is 7.74. The molecule has 1 aromatic carbocycles. The van der Waals surface area contributed by atoms with Gasteiger partial charge in [0.25, 0.3) is 5.56 Å². The molecule has 2 aromatic rings. The predicted molar refractivity (Wildman–Crippen MR) is 93.8 cm³/mol. The highest BCUT2D eigenvalue weighted by atomic mass is 16.3. The van der Waals surface area contributed by atoms with Crippen LogP contribution in [0.5, 0.6) is 5.88 Å². The van der Waals surface area contributed by atoms with E-state index in [1.807, 2.05) is 33.2 Å². The molecule has 7 heteroatoms. The fourth-order valence-electron chi connectivity index (χ4n) is 2.22. The zero-order valence-corrected chi connectivity index (χ0v) is 14.2. The number of aromatic nitrogens is 2. The van der Waals surface area contributed by atoms with Gasteiger partial charge in [-0.2, -0.15) is 0 Å². The Morgan fingerprint density at radius 2 is 1.92 bits per heavy atom. The van der Waals surface area contributed by atoms with Gasteiger partial charge in [-0.3, -0.25) is 14.8 Å². The Morgan fingerprint density at radius 3 is 2.50 bits per heavy atom. The van der Waals surface area contributed by atoms with Gasteiger partial charge in [-0.25, -0.2) is 9.36 Å². The molecule has 0 spiro atoms. The first kappa shape index (κ1) is 17.7. The van der Waals surface area contributed by atoms with E-state index < -0.39 is 17.1 Å². The van der Waals surface area contributed by atoms with Gasteiger partial charge in [-0.15, -0.1) is 0 Å². The fourth-order valence-corrected chi connectivity index (χ4v) is 2.22. The van der Waals surface area contributed by atoms with Crippen LogP contribution >= 0.6 is 0 Å². The van der Waals surface area contributed by atoms with Crippen LogP contribution in [0, 0.1) is 0 Å². The number of aliphatic imine (C=N–C) groups is 1. The molecular weight excluding hydrogens is 308 g/mol. The molecule has 0 unspecified atom stereocenters. The van der Waals surface area contributed by atoms with E-state index in [4.69, 9.17) is 0 Å². The summed E-state index contributed by atoms with van der Waals surface area (Å²) in [5.41, 5.74) is 0.237. The van der Waals surface area contributed by atoms with Crippen molar-refractivity contribution in [3.63, 3.8) is 0 Å². The summed E-state index contributed by atoms with van der Waals surface area (Å²) >= 11 is 0. The summed E-state index contributed by atoms with van der Waals surface area (Å²) in [6.45, 7) is 3.35. The van der Waals surface area contributed by atoms with Crippen molar-refractivity contribution >= 4 is 6.21 Å². The molecule has 24 heavy (non-hydrogen) atoms. The molecule has 0 aliphatic carbocycles. The van der Waals surface area contributed by atoms with Gasteiger partial charge in [0, 0.05) is 6.21 Å². The Bertz CT molecular complexity index is 832. The van der Waals surface area contributed by atoms with Crippen LogP contribution in [-0.4, -0.2) is 48.1 Å². The van der Waals surface area contributed by atoms with Gasteiger partial charge in [0.2, 0.25) is 5.88 Å².